The predicted octanol–water partition coefficient (Wildman–Crippen LogP) is 3.73. The molecule has 1 atom stereocenters. The number of aliphatic imine (C=N–C) groups is 1. The molecule has 2 amide bonds. The van der Waals surface area contributed by atoms with Gasteiger partial charge in [0.2, 0.25) is 5.91 Å². The first-order valence-corrected chi connectivity index (χ1v) is 9.80. The van der Waals surface area contributed by atoms with Gasteiger partial charge in [-0.15, -0.1) is 0 Å². The van der Waals surface area contributed by atoms with Gasteiger partial charge in [-0.25, -0.2) is 4.90 Å². The first-order valence-electron chi connectivity index (χ1n) is 9.43. The second kappa shape index (κ2) is 10.3. The molecule has 0 aliphatic carbocycles. The van der Waals surface area contributed by atoms with Crippen LogP contribution in [0.5, 0.6) is 0 Å². The summed E-state index contributed by atoms with van der Waals surface area (Å²) in [4.78, 5) is 31.7. The van der Waals surface area contributed by atoms with Crippen molar-refractivity contribution in [1.29, 1.82) is 0 Å². The maximum absolute atomic E-state index is 13.2. The van der Waals surface area contributed by atoms with Gasteiger partial charge in [0.1, 0.15) is 0 Å². The Morgan fingerprint density at radius 1 is 1.10 bits per heavy atom. The van der Waals surface area contributed by atoms with Gasteiger partial charge in [0.05, 0.1) is 24.8 Å². The zero-order valence-electron chi connectivity index (χ0n) is 16.2. The molecule has 152 valence electrons. The molecule has 6 nitrogen and oxygen atoms in total. The molecule has 2 aromatic carbocycles. The van der Waals surface area contributed by atoms with Gasteiger partial charge in [-0.1, -0.05) is 35.9 Å². The lowest BCUT2D eigenvalue weighted by molar-refractivity contribution is -0.118. The Morgan fingerprint density at radius 2 is 1.93 bits per heavy atom. The van der Waals surface area contributed by atoms with Crippen molar-refractivity contribution in [3.05, 3.63) is 64.7 Å². The third-order valence-corrected chi connectivity index (χ3v) is 4.78. The molecule has 0 saturated carbocycles. The van der Waals surface area contributed by atoms with Crippen LogP contribution in [-0.2, 0) is 14.3 Å². The number of rotatable bonds is 9. The van der Waals surface area contributed by atoms with E-state index < -0.39 is 5.92 Å². The Hall–Kier alpha value is -2.54. The number of nitrogens with zero attached hydrogens (tertiary/aromatic N) is 2. The number of imide groups is 1. The van der Waals surface area contributed by atoms with E-state index in [2.05, 4.69) is 4.99 Å². The standard InChI is InChI=1S/C22H23ClN2O4/c1-28-12-13-29-11-5-10-24-15-20-18-8-2-3-9-19(18)21(26)25(22(20)27)17-7-4-6-16(23)14-17/h2-4,6-9,14-15,20H,5,10-13H2,1H3. The van der Waals surface area contributed by atoms with Crippen molar-refractivity contribution in [2.45, 2.75) is 12.3 Å². The zero-order valence-corrected chi connectivity index (χ0v) is 17.0. The quantitative estimate of drug-likeness (QED) is 0.356. The minimum absolute atomic E-state index is 0.337. The number of carbonyl (C=O) groups is 2. The number of halogens is 1. The highest BCUT2D eigenvalue weighted by Gasteiger charge is 2.38. The molecule has 1 heterocycles. The van der Waals surface area contributed by atoms with Crippen LogP contribution in [-0.4, -0.2) is 51.5 Å². The van der Waals surface area contributed by atoms with Gasteiger partial charge in [-0.3, -0.25) is 14.6 Å². The molecule has 0 saturated heterocycles. The summed E-state index contributed by atoms with van der Waals surface area (Å²) in [6.45, 7) is 2.21. The van der Waals surface area contributed by atoms with E-state index in [1.54, 1.807) is 55.8 Å². The lowest BCUT2D eigenvalue weighted by Gasteiger charge is -2.31. The number of carbonyl (C=O) groups excluding carboxylic acids is 2. The number of fused-ring (bicyclic) bond motifs is 1. The summed E-state index contributed by atoms with van der Waals surface area (Å²) in [5.41, 5.74) is 1.61. The van der Waals surface area contributed by atoms with E-state index in [1.807, 2.05) is 6.07 Å². The van der Waals surface area contributed by atoms with Gasteiger partial charge < -0.3 is 9.47 Å². The van der Waals surface area contributed by atoms with Crippen LogP contribution < -0.4 is 4.90 Å². The van der Waals surface area contributed by atoms with E-state index in [0.29, 0.717) is 48.2 Å². The SMILES string of the molecule is COCCOCCCN=CC1C(=O)N(c2cccc(Cl)c2)C(=O)c2ccccc21. The topological polar surface area (TPSA) is 68.2 Å². The number of hydrogen-bond acceptors (Lipinski definition) is 5. The summed E-state index contributed by atoms with van der Waals surface area (Å²) in [6, 6.07) is 13.8. The second-order valence-corrected chi connectivity index (χ2v) is 6.97. The van der Waals surface area contributed by atoms with Crippen molar-refractivity contribution in [3.63, 3.8) is 0 Å². The lowest BCUT2D eigenvalue weighted by Crippen LogP contribution is -2.45. The fourth-order valence-corrected chi connectivity index (χ4v) is 3.33. The highest BCUT2D eigenvalue weighted by Crippen LogP contribution is 2.32. The minimum atomic E-state index is -0.628. The largest absolute Gasteiger partial charge is 0.382 e. The molecule has 0 radical (unpaired) electrons. The number of hydrogen-bond donors (Lipinski definition) is 0. The van der Waals surface area contributed by atoms with E-state index in [4.69, 9.17) is 21.1 Å². The molecule has 7 heteroatoms. The average Bonchev–Trinajstić information content (AvgIpc) is 2.72. The highest BCUT2D eigenvalue weighted by atomic mass is 35.5. The zero-order chi connectivity index (χ0) is 20.6. The summed E-state index contributed by atoms with van der Waals surface area (Å²) in [5, 5.41) is 0.459. The smallest absolute Gasteiger partial charge is 0.265 e. The van der Waals surface area contributed by atoms with E-state index >= 15 is 0 Å². The minimum Gasteiger partial charge on any atom is -0.382 e. The summed E-state index contributed by atoms with van der Waals surface area (Å²) >= 11 is 6.06. The normalized spacial score (nSPS) is 16.5. The molecule has 1 unspecified atom stereocenters. The van der Waals surface area contributed by atoms with Crippen molar-refractivity contribution >= 4 is 35.3 Å². The Kier molecular flexibility index (Phi) is 7.52. The summed E-state index contributed by atoms with van der Waals surface area (Å²) in [7, 11) is 1.63. The van der Waals surface area contributed by atoms with Gasteiger partial charge in [-0.05, 0) is 36.2 Å². The van der Waals surface area contributed by atoms with E-state index in [9.17, 15) is 9.59 Å². The first kappa shape index (κ1) is 21.2. The number of ether oxygens (including phenoxy) is 2. The van der Waals surface area contributed by atoms with Gasteiger partial charge in [-0.2, -0.15) is 0 Å². The van der Waals surface area contributed by atoms with Gasteiger partial charge in [0, 0.05) is 37.1 Å². The molecule has 3 rings (SSSR count). The molecule has 29 heavy (non-hydrogen) atoms. The third-order valence-electron chi connectivity index (χ3n) is 4.54. The monoisotopic (exact) mass is 414 g/mol. The van der Waals surface area contributed by atoms with Crippen LogP contribution in [0.2, 0.25) is 5.02 Å². The molecule has 0 fully saturated rings. The average molecular weight is 415 g/mol. The van der Waals surface area contributed by atoms with Crippen molar-refractivity contribution in [1.82, 2.24) is 0 Å². The van der Waals surface area contributed by atoms with Crippen molar-refractivity contribution in [2.75, 3.05) is 38.4 Å². The van der Waals surface area contributed by atoms with E-state index in [-0.39, 0.29) is 11.8 Å². The van der Waals surface area contributed by atoms with Crippen LogP contribution >= 0.6 is 11.6 Å². The summed E-state index contributed by atoms with van der Waals surface area (Å²) in [6.07, 6.45) is 2.36. The van der Waals surface area contributed by atoms with Crippen LogP contribution in [0.4, 0.5) is 5.69 Å². The Balaban J connectivity index is 1.77. The van der Waals surface area contributed by atoms with Crippen LogP contribution in [0.25, 0.3) is 0 Å². The molecule has 0 N–H and O–H groups in total. The van der Waals surface area contributed by atoms with E-state index in [0.717, 1.165) is 6.42 Å². The van der Waals surface area contributed by atoms with Crippen LogP contribution in [0.15, 0.2) is 53.5 Å². The number of methoxy groups -OCH3 is 1. The van der Waals surface area contributed by atoms with Crippen molar-refractivity contribution in [3.8, 4) is 0 Å². The fraction of sp³-hybridized carbons (Fsp3) is 0.318. The molecule has 1 aliphatic heterocycles. The predicted molar refractivity (Wildman–Crippen MR) is 113 cm³/mol. The highest BCUT2D eigenvalue weighted by molar-refractivity contribution is 6.32. The summed E-state index contributed by atoms with van der Waals surface area (Å²) < 4.78 is 10.3. The third kappa shape index (κ3) is 5.09. The molecular formula is C22H23ClN2O4. The Bertz CT molecular complexity index is 900. The fourth-order valence-electron chi connectivity index (χ4n) is 3.14. The maximum Gasteiger partial charge on any atom is 0.265 e. The lowest BCUT2D eigenvalue weighted by atomic mass is 9.89. The Labute approximate surface area is 175 Å². The van der Waals surface area contributed by atoms with Crippen LogP contribution in [0, 0.1) is 0 Å². The number of benzene rings is 2. The number of anilines is 1. The molecule has 0 aromatic heterocycles. The second-order valence-electron chi connectivity index (χ2n) is 6.54. The van der Waals surface area contributed by atoms with Crippen LogP contribution in [0.1, 0.15) is 28.3 Å². The number of amides is 2. The maximum atomic E-state index is 13.2. The van der Waals surface area contributed by atoms with Crippen molar-refractivity contribution < 1.29 is 19.1 Å². The van der Waals surface area contributed by atoms with Gasteiger partial charge in [0.25, 0.3) is 5.91 Å². The molecule has 2 aromatic rings. The Morgan fingerprint density at radius 3 is 2.72 bits per heavy atom. The van der Waals surface area contributed by atoms with Crippen molar-refractivity contribution in [2.24, 2.45) is 4.99 Å². The molecule has 0 spiro atoms. The molecule has 0 bridgehead atoms. The van der Waals surface area contributed by atoms with E-state index in [1.165, 1.54) is 4.90 Å². The van der Waals surface area contributed by atoms with Gasteiger partial charge >= 0.3 is 0 Å². The van der Waals surface area contributed by atoms with Gasteiger partial charge in [0.15, 0.2) is 0 Å². The molecular weight excluding hydrogens is 392 g/mol. The summed E-state index contributed by atoms with van der Waals surface area (Å²) in [5.74, 6) is -1.32. The first-order chi connectivity index (χ1) is 14.1. The van der Waals surface area contributed by atoms with Crippen LogP contribution in [0.3, 0.4) is 0 Å². The molecule has 1 aliphatic rings.